The van der Waals surface area contributed by atoms with E-state index in [4.69, 9.17) is 0 Å². The molecule has 0 aliphatic carbocycles. The first-order valence-electron chi connectivity index (χ1n) is 3.76. The van der Waals surface area contributed by atoms with Crippen molar-refractivity contribution in [2.45, 2.75) is 0 Å². The topological polar surface area (TPSA) is 79.3 Å². The molecule has 0 spiro atoms. The zero-order valence-electron chi connectivity index (χ0n) is 8.41. The van der Waals surface area contributed by atoms with E-state index in [2.05, 4.69) is 52.1 Å². The first kappa shape index (κ1) is 12.4. The molecule has 14 heavy (non-hydrogen) atoms. The van der Waals surface area contributed by atoms with Crippen LogP contribution in [-0.4, -0.2) is 37.8 Å². The van der Waals surface area contributed by atoms with Crippen LogP contribution in [0.3, 0.4) is 0 Å². The lowest BCUT2D eigenvalue weighted by Gasteiger charge is -2.27. The largest absolute Gasteiger partial charge is 0.290 e. The van der Waals surface area contributed by atoms with Crippen molar-refractivity contribution >= 4 is 13.4 Å². The Morgan fingerprint density at radius 3 is 2.29 bits per heavy atom. The molecule has 0 aromatic heterocycles. The molecule has 0 aromatic rings. The normalized spacial score (nSPS) is 9.00. The molecule has 0 radical (unpaired) electrons. The molecular weight excluding hydrogens is 184 g/mol. The van der Waals surface area contributed by atoms with E-state index < -0.39 is 0 Å². The van der Waals surface area contributed by atoms with E-state index in [1.54, 1.807) is 14.1 Å². The molecule has 0 saturated heterocycles. The second-order valence-corrected chi connectivity index (χ2v) is 2.13. The predicted molar refractivity (Wildman–Crippen MR) is 56.3 cm³/mol. The van der Waals surface area contributed by atoms with Gasteiger partial charge in [0.05, 0.1) is 0 Å². The summed E-state index contributed by atoms with van der Waals surface area (Å²) in [7, 11) is 3.36. The minimum Gasteiger partial charge on any atom is -0.290 e. The Morgan fingerprint density at radius 1 is 1.21 bits per heavy atom. The number of nitrogens with one attached hydrogen (secondary N) is 4. The fraction of sp³-hybridized carbons (Fsp3) is 0.333. The third-order valence-electron chi connectivity index (χ3n) is 1.25. The molecule has 0 aliphatic heterocycles. The van der Waals surface area contributed by atoms with Crippen LogP contribution in [0.1, 0.15) is 0 Å². The van der Waals surface area contributed by atoms with E-state index in [0.717, 1.165) is 0 Å². The first-order chi connectivity index (χ1) is 6.67. The van der Waals surface area contributed by atoms with Gasteiger partial charge in [0.15, 0.2) is 5.82 Å². The van der Waals surface area contributed by atoms with E-state index >= 15 is 0 Å². The van der Waals surface area contributed by atoms with Crippen molar-refractivity contribution in [2.75, 3.05) is 14.1 Å². The number of nitrogens with zero attached hydrogens (tertiary/aromatic N) is 4. The number of hydrogen-bond acceptors (Lipinski definition) is 8. The molecule has 0 saturated carbocycles. The molecule has 0 aliphatic rings. The Labute approximate surface area is 83.2 Å². The van der Waals surface area contributed by atoms with Crippen LogP contribution in [0.25, 0.3) is 0 Å². The monoisotopic (exact) mass is 200 g/mol. The van der Waals surface area contributed by atoms with Crippen LogP contribution in [0.5, 0.6) is 0 Å². The summed E-state index contributed by atoms with van der Waals surface area (Å²) in [5.74, 6) is 0.428. The highest BCUT2D eigenvalue weighted by Crippen LogP contribution is 2.00. The predicted octanol–water partition coefficient (Wildman–Crippen LogP) is -1.43. The van der Waals surface area contributed by atoms with Crippen molar-refractivity contribution in [1.82, 2.24) is 32.2 Å². The second-order valence-electron chi connectivity index (χ2n) is 2.13. The van der Waals surface area contributed by atoms with Crippen molar-refractivity contribution < 1.29 is 0 Å². The maximum atomic E-state index is 3.69. The maximum Gasteiger partial charge on any atom is 0.156 e. The molecule has 0 fully saturated rings. The van der Waals surface area contributed by atoms with Gasteiger partial charge in [-0.3, -0.25) is 5.43 Å². The van der Waals surface area contributed by atoms with Crippen LogP contribution >= 0.6 is 0 Å². The van der Waals surface area contributed by atoms with E-state index in [0.29, 0.717) is 5.82 Å². The minimum absolute atomic E-state index is 0.428. The second kappa shape index (κ2) is 6.83. The zero-order valence-corrected chi connectivity index (χ0v) is 8.41. The highest BCUT2D eigenvalue weighted by molar-refractivity contribution is 5.24. The van der Waals surface area contributed by atoms with Gasteiger partial charge in [-0.25, -0.2) is 5.43 Å². The highest BCUT2D eigenvalue weighted by atomic mass is 15.9. The van der Waals surface area contributed by atoms with E-state index in [-0.39, 0.29) is 0 Å². The Kier molecular flexibility index (Phi) is 6.03. The standard InChI is InChI=1S/C6H16N8/c1-6(10-12-11-7-2)14(9-4)13(5)8-3/h7,10-12H,1,3-4H2,2,5H3. The molecule has 4 N–H and O–H groups in total. The molecule has 0 bridgehead atoms. The number of rotatable bonds is 8. The SMILES string of the molecule is C=NN(C)N(N=C)C(=C)NNNNC. The number of hydrazone groups is 2. The van der Waals surface area contributed by atoms with Gasteiger partial charge in [0, 0.05) is 20.5 Å². The van der Waals surface area contributed by atoms with Gasteiger partial charge in [0.2, 0.25) is 0 Å². The van der Waals surface area contributed by atoms with Gasteiger partial charge in [-0.15, -0.1) is 5.12 Å². The molecule has 0 atom stereocenters. The third-order valence-corrected chi connectivity index (χ3v) is 1.25. The molecule has 0 unspecified atom stereocenters. The van der Waals surface area contributed by atoms with Crippen molar-refractivity contribution in [2.24, 2.45) is 10.2 Å². The van der Waals surface area contributed by atoms with E-state index in [9.17, 15) is 0 Å². The average Bonchev–Trinajstić information content (AvgIpc) is 2.19. The van der Waals surface area contributed by atoms with E-state index in [1.165, 1.54) is 10.2 Å². The van der Waals surface area contributed by atoms with Crippen LogP contribution in [0.4, 0.5) is 0 Å². The minimum atomic E-state index is 0.428. The summed E-state index contributed by atoms with van der Waals surface area (Å²) in [4.78, 5) is 0. The molecule has 0 heterocycles. The summed E-state index contributed by atoms with van der Waals surface area (Å²) in [6, 6.07) is 0. The summed E-state index contributed by atoms with van der Waals surface area (Å²) >= 11 is 0. The van der Waals surface area contributed by atoms with Gasteiger partial charge >= 0.3 is 0 Å². The molecule has 0 rings (SSSR count). The molecule has 8 nitrogen and oxygen atoms in total. The molecular formula is C6H16N8. The first-order valence-corrected chi connectivity index (χ1v) is 3.76. The van der Waals surface area contributed by atoms with Crippen LogP contribution in [0, 0.1) is 0 Å². The van der Waals surface area contributed by atoms with Gasteiger partial charge in [-0.1, -0.05) is 6.58 Å². The lowest BCUT2D eigenvalue weighted by atomic mass is 10.8. The molecule has 0 amide bonds. The molecule has 0 aromatic carbocycles. The lowest BCUT2D eigenvalue weighted by Crippen LogP contribution is -2.51. The summed E-state index contributed by atoms with van der Waals surface area (Å²) in [5, 5.41) is 9.96. The van der Waals surface area contributed by atoms with Gasteiger partial charge < -0.3 is 0 Å². The van der Waals surface area contributed by atoms with Crippen molar-refractivity contribution in [3.05, 3.63) is 12.4 Å². The van der Waals surface area contributed by atoms with Crippen molar-refractivity contribution in [3.8, 4) is 0 Å². The van der Waals surface area contributed by atoms with E-state index in [1.807, 2.05) is 0 Å². The fourth-order valence-corrected chi connectivity index (χ4v) is 0.627. The average molecular weight is 200 g/mol. The Hall–Kier alpha value is -1.64. The fourth-order valence-electron chi connectivity index (χ4n) is 0.627. The third kappa shape index (κ3) is 3.85. The number of hydrazine groups is 4. The van der Waals surface area contributed by atoms with Gasteiger partial charge in [-0.05, 0) is 7.05 Å². The Morgan fingerprint density at radius 2 is 1.86 bits per heavy atom. The quantitative estimate of drug-likeness (QED) is 0.219. The van der Waals surface area contributed by atoms with Crippen molar-refractivity contribution in [1.29, 1.82) is 0 Å². The summed E-state index contributed by atoms with van der Waals surface area (Å²) < 4.78 is 0. The highest BCUT2D eigenvalue weighted by Gasteiger charge is 2.07. The smallest absolute Gasteiger partial charge is 0.156 e. The summed E-state index contributed by atoms with van der Waals surface area (Å²) in [6.45, 7) is 10.4. The zero-order chi connectivity index (χ0) is 11.0. The molecule has 8 heteroatoms. The summed E-state index contributed by atoms with van der Waals surface area (Å²) in [6.07, 6.45) is 0. The van der Waals surface area contributed by atoms with Crippen LogP contribution in [0.2, 0.25) is 0 Å². The van der Waals surface area contributed by atoms with Crippen molar-refractivity contribution in [3.63, 3.8) is 0 Å². The van der Waals surface area contributed by atoms with Crippen LogP contribution < -0.4 is 21.9 Å². The lowest BCUT2D eigenvalue weighted by molar-refractivity contribution is 0.0328. The molecule has 80 valence electrons. The van der Waals surface area contributed by atoms with Crippen LogP contribution in [-0.2, 0) is 0 Å². The van der Waals surface area contributed by atoms with Crippen LogP contribution in [0.15, 0.2) is 22.6 Å². The Balaban J connectivity index is 4.04. The maximum absolute atomic E-state index is 3.69. The van der Waals surface area contributed by atoms with Gasteiger partial charge in [-0.2, -0.15) is 26.4 Å². The summed E-state index contributed by atoms with van der Waals surface area (Å²) in [5.41, 5.74) is 10.5. The van der Waals surface area contributed by atoms with Gasteiger partial charge in [0.1, 0.15) is 0 Å². The number of hydrogen-bond donors (Lipinski definition) is 4. The van der Waals surface area contributed by atoms with Gasteiger partial charge in [0.25, 0.3) is 0 Å². The Bertz CT molecular complexity index is 202.